The lowest BCUT2D eigenvalue weighted by Crippen LogP contribution is -2.59. The van der Waals surface area contributed by atoms with Gasteiger partial charge in [0.25, 0.3) is 0 Å². The molecule has 3 atom stereocenters. The van der Waals surface area contributed by atoms with Gasteiger partial charge in [0.15, 0.2) is 17.0 Å². The van der Waals surface area contributed by atoms with E-state index in [0.29, 0.717) is 11.9 Å². The first kappa shape index (κ1) is 21.6. The van der Waals surface area contributed by atoms with Gasteiger partial charge in [-0.1, -0.05) is 13.8 Å². The Morgan fingerprint density at radius 3 is 2.70 bits per heavy atom. The quantitative estimate of drug-likeness (QED) is 0.499. The van der Waals surface area contributed by atoms with Crippen molar-refractivity contribution in [1.29, 1.82) is 0 Å². The van der Waals surface area contributed by atoms with Crippen molar-refractivity contribution >= 4 is 22.5 Å². The van der Waals surface area contributed by atoms with Crippen molar-refractivity contribution < 1.29 is 0 Å². The van der Waals surface area contributed by atoms with Gasteiger partial charge in [-0.25, -0.2) is 14.3 Å². The molecule has 10 nitrogen and oxygen atoms in total. The minimum atomic E-state index is -0.259. The zero-order valence-electron chi connectivity index (χ0n) is 19.9. The second kappa shape index (κ2) is 8.26. The highest BCUT2D eigenvalue weighted by Crippen LogP contribution is 2.32. The van der Waals surface area contributed by atoms with Crippen LogP contribution in [0, 0.1) is 6.92 Å². The summed E-state index contributed by atoms with van der Waals surface area (Å²) in [4.78, 5) is 26.3. The molecule has 174 valence electrons. The standard InChI is InChI=1S/C23H31N9O/c1-6-16-13-31(22-21-19(10-24-27-21)29(5)23(33)26-22)17(7-2)12-30(16)15(4)18-8-9-20-25-14(3)11-32(20)28-18/h8-11,15-17H,6-7,12-13H2,1-5H3,(H,24,27)/t15?,16-,17+/m1/s1. The Morgan fingerprint density at radius 1 is 1.15 bits per heavy atom. The summed E-state index contributed by atoms with van der Waals surface area (Å²) in [5.41, 5.74) is 4.12. The molecule has 10 heteroatoms. The molecule has 5 heterocycles. The molecular formula is C23H31N9O. The number of H-pyrrole nitrogens is 1. The third-order valence-corrected chi connectivity index (χ3v) is 7.02. The predicted molar refractivity (Wildman–Crippen MR) is 127 cm³/mol. The van der Waals surface area contributed by atoms with E-state index in [-0.39, 0.29) is 17.8 Å². The molecule has 1 aliphatic rings. The van der Waals surface area contributed by atoms with Crippen molar-refractivity contribution in [2.24, 2.45) is 7.05 Å². The largest absolute Gasteiger partial charge is 0.349 e. The van der Waals surface area contributed by atoms with Crippen LogP contribution < -0.4 is 10.6 Å². The molecule has 0 bridgehead atoms. The average molecular weight is 450 g/mol. The smallest absolute Gasteiger partial charge is 0.349 e. The molecule has 1 aliphatic heterocycles. The van der Waals surface area contributed by atoms with E-state index in [1.165, 1.54) is 0 Å². The fourth-order valence-electron chi connectivity index (χ4n) is 5.05. The number of hydrogen-bond acceptors (Lipinski definition) is 7. The second-order valence-electron chi connectivity index (χ2n) is 8.99. The molecule has 1 N–H and O–H groups in total. The van der Waals surface area contributed by atoms with Gasteiger partial charge in [-0.05, 0) is 38.8 Å². The Balaban J connectivity index is 1.49. The van der Waals surface area contributed by atoms with Crippen LogP contribution >= 0.6 is 0 Å². The summed E-state index contributed by atoms with van der Waals surface area (Å²) in [6.07, 6.45) is 5.65. The number of aromatic amines is 1. The first-order valence-electron chi connectivity index (χ1n) is 11.7. The zero-order valence-corrected chi connectivity index (χ0v) is 19.9. The molecule has 33 heavy (non-hydrogen) atoms. The van der Waals surface area contributed by atoms with E-state index in [4.69, 9.17) is 5.10 Å². The van der Waals surface area contributed by atoms with Gasteiger partial charge >= 0.3 is 5.69 Å². The number of aromatic nitrogens is 7. The van der Waals surface area contributed by atoms with Crippen molar-refractivity contribution in [3.05, 3.63) is 46.4 Å². The zero-order chi connectivity index (χ0) is 23.3. The van der Waals surface area contributed by atoms with E-state index in [1.54, 1.807) is 17.8 Å². The molecule has 0 saturated carbocycles. The summed E-state index contributed by atoms with van der Waals surface area (Å²) in [5, 5.41) is 12.2. The van der Waals surface area contributed by atoms with Crippen molar-refractivity contribution in [3.8, 4) is 0 Å². The van der Waals surface area contributed by atoms with Crippen LogP contribution in [0.4, 0.5) is 5.82 Å². The van der Waals surface area contributed by atoms with Crippen LogP contribution in [0.5, 0.6) is 0 Å². The van der Waals surface area contributed by atoms with Gasteiger partial charge < -0.3 is 4.90 Å². The van der Waals surface area contributed by atoms with Gasteiger partial charge in [0.1, 0.15) is 0 Å². The molecule has 0 amide bonds. The number of imidazole rings is 1. The van der Waals surface area contributed by atoms with Gasteiger partial charge in [0.05, 0.1) is 29.1 Å². The van der Waals surface area contributed by atoms with Gasteiger partial charge in [-0.3, -0.25) is 14.6 Å². The Morgan fingerprint density at radius 2 is 1.94 bits per heavy atom. The van der Waals surface area contributed by atoms with Crippen LogP contribution in [0.25, 0.3) is 16.7 Å². The van der Waals surface area contributed by atoms with Crippen LogP contribution in [0.2, 0.25) is 0 Å². The highest BCUT2D eigenvalue weighted by atomic mass is 16.1. The molecular weight excluding hydrogens is 418 g/mol. The van der Waals surface area contributed by atoms with Crippen LogP contribution in [-0.2, 0) is 7.05 Å². The van der Waals surface area contributed by atoms with Crippen molar-refractivity contribution in [2.75, 3.05) is 18.0 Å². The van der Waals surface area contributed by atoms with Crippen LogP contribution in [0.1, 0.15) is 51.0 Å². The maximum Gasteiger partial charge on any atom is 0.349 e. The van der Waals surface area contributed by atoms with E-state index in [2.05, 4.69) is 56.8 Å². The number of aryl methyl sites for hydroxylation is 2. The van der Waals surface area contributed by atoms with Crippen LogP contribution in [0.3, 0.4) is 0 Å². The highest BCUT2D eigenvalue weighted by Gasteiger charge is 2.37. The fourth-order valence-corrected chi connectivity index (χ4v) is 5.05. The summed E-state index contributed by atoms with van der Waals surface area (Å²) in [6.45, 7) is 10.3. The monoisotopic (exact) mass is 449 g/mol. The summed E-state index contributed by atoms with van der Waals surface area (Å²) >= 11 is 0. The fraction of sp³-hybridized carbons (Fsp3) is 0.522. The van der Waals surface area contributed by atoms with Crippen molar-refractivity contribution in [1.82, 2.24) is 39.2 Å². The lowest BCUT2D eigenvalue weighted by molar-refractivity contribution is 0.0982. The SMILES string of the molecule is CC[C@H]1CN(C(C)c2ccc3nc(C)cn3n2)[C@H](CC)CN1c1nc(=O)n(C)c2c[nH]nc12. The molecule has 5 rings (SSSR count). The van der Waals surface area contributed by atoms with Crippen LogP contribution in [-0.4, -0.2) is 64.4 Å². The number of nitrogens with zero attached hydrogens (tertiary/aromatic N) is 8. The Kier molecular flexibility index (Phi) is 5.40. The van der Waals surface area contributed by atoms with Crippen molar-refractivity contribution in [2.45, 2.75) is 58.7 Å². The topological polar surface area (TPSA) is 100 Å². The third kappa shape index (κ3) is 3.58. The number of fused-ring (bicyclic) bond motifs is 2. The minimum absolute atomic E-state index is 0.153. The molecule has 1 saturated heterocycles. The minimum Gasteiger partial charge on any atom is -0.349 e. The highest BCUT2D eigenvalue weighted by molar-refractivity contribution is 5.85. The average Bonchev–Trinajstić information content (AvgIpc) is 3.45. The number of hydrogen-bond donors (Lipinski definition) is 1. The van der Waals surface area contributed by atoms with Crippen LogP contribution in [0.15, 0.2) is 29.3 Å². The molecule has 1 fully saturated rings. The number of nitrogens with one attached hydrogen (secondary N) is 1. The Labute approximate surface area is 192 Å². The summed E-state index contributed by atoms with van der Waals surface area (Å²) in [7, 11) is 1.73. The summed E-state index contributed by atoms with van der Waals surface area (Å²) < 4.78 is 3.41. The number of rotatable bonds is 5. The van der Waals surface area contributed by atoms with E-state index < -0.39 is 0 Å². The maximum absolute atomic E-state index is 12.6. The Hall–Kier alpha value is -3.27. The molecule has 0 spiro atoms. The lowest BCUT2D eigenvalue weighted by atomic mass is 9.99. The number of anilines is 1. The van der Waals surface area contributed by atoms with E-state index >= 15 is 0 Å². The van der Waals surface area contributed by atoms with Crippen molar-refractivity contribution in [3.63, 3.8) is 0 Å². The molecule has 0 aliphatic carbocycles. The van der Waals surface area contributed by atoms with E-state index in [0.717, 1.165) is 54.0 Å². The molecule has 0 aromatic carbocycles. The normalized spacial score (nSPS) is 20.7. The molecule has 0 radical (unpaired) electrons. The van der Waals surface area contributed by atoms with Gasteiger partial charge in [-0.15, -0.1) is 0 Å². The number of piperazine rings is 1. The molecule has 4 aromatic rings. The predicted octanol–water partition coefficient (Wildman–Crippen LogP) is 2.45. The van der Waals surface area contributed by atoms with Gasteiger partial charge in [0, 0.05) is 38.4 Å². The Bertz CT molecular complexity index is 1350. The maximum atomic E-state index is 12.6. The van der Waals surface area contributed by atoms with E-state index in [9.17, 15) is 4.79 Å². The summed E-state index contributed by atoms with van der Waals surface area (Å²) in [6, 6.07) is 4.79. The summed E-state index contributed by atoms with van der Waals surface area (Å²) in [5.74, 6) is 0.681. The molecule has 4 aromatic heterocycles. The van der Waals surface area contributed by atoms with Gasteiger partial charge in [-0.2, -0.15) is 15.2 Å². The second-order valence-corrected chi connectivity index (χ2v) is 8.99. The first-order valence-corrected chi connectivity index (χ1v) is 11.7. The molecule has 1 unspecified atom stereocenters. The third-order valence-electron chi connectivity index (χ3n) is 7.02. The van der Waals surface area contributed by atoms with Gasteiger partial charge in [0.2, 0.25) is 0 Å². The lowest BCUT2D eigenvalue weighted by Gasteiger charge is -2.48. The first-order chi connectivity index (χ1) is 15.9. The van der Waals surface area contributed by atoms with E-state index in [1.807, 2.05) is 23.7 Å².